The first-order valence-corrected chi connectivity index (χ1v) is 33.6. The summed E-state index contributed by atoms with van der Waals surface area (Å²) >= 11 is 0. The average molecular weight is 1090 g/mol. The number of esters is 3. The molecule has 6 heteroatoms. The molecule has 0 spiro atoms. The minimum absolute atomic E-state index is 0.0789. The molecule has 6 nitrogen and oxygen atoms in total. The zero-order valence-electron chi connectivity index (χ0n) is 51.7. The summed E-state index contributed by atoms with van der Waals surface area (Å²) in [6.07, 6.45) is 87.4. The Kier molecular flexibility index (Phi) is 63.2. The maximum atomic E-state index is 12.9. The van der Waals surface area contributed by atoms with Gasteiger partial charge in [0.25, 0.3) is 0 Å². The molecule has 0 amide bonds. The summed E-state index contributed by atoms with van der Waals surface area (Å²) in [5.74, 6) is -0.878. The first kappa shape index (κ1) is 74.6. The van der Waals surface area contributed by atoms with Crippen molar-refractivity contribution in [2.24, 2.45) is 0 Å². The number of ether oxygens (including phenoxy) is 3. The Bertz CT molecular complexity index is 1480. The molecular weight excluding hydrogens is 961 g/mol. The third kappa shape index (κ3) is 63.4. The molecular formula is C72H126O6. The molecule has 0 N–H and O–H groups in total. The van der Waals surface area contributed by atoms with E-state index in [1.54, 1.807) is 0 Å². The van der Waals surface area contributed by atoms with Crippen molar-refractivity contribution in [2.75, 3.05) is 13.2 Å². The average Bonchev–Trinajstić information content (AvgIpc) is 3.44. The van der Waals surface area contributed by atoms with E-state index in [0.29, 0.717) is 19.3 Å². The van der Waals surface area contributed by atoms with E-state index in [4.69, 9.17) is 14.2 Å². The summed E-state index contributed by atoms with van der Waals surface area (Å²) in [4.78, 5) is 38.3. The van der Waals surface area contributed by atoms with Crippen LogP contribution >= 0.6 is 0 Å². The Morgan fingerprint density at radius 1 is 0.269 bits per heavy atom. The van der Waals surface area contributed by atoms with Gasteiger partial charge in [-0.05, 0) is 116 Å². The van der Waals surface area contributed by atoms with Crippen molar-refractivity contribution in [3.63, 3.8) is 0 Å². The van der Waals surface area contributed by atoms with E-state index in [0.717, 1.165) is 96.3 Å². The molecule has 0 bridgehead atoms. The third-order valence-corrected chi connectivity index (χ3v) is 14.6. The van der Waals surface area contributed by atoms with Crippen LogP contribution in [0, 0.1) is 0 Å². The van der Waals surface area contributed by atoms with Crippen molar-refractivity contribution < 1.29 is 28.6 Å². The van der Waals surface area contributed by atoms with Crippen molar-refractivity contribution >= 4 is 17.9 Å². The molecule has 0 aromatic heterocycles. The summed E-state index contributed by atoms with van der Waals surface area (Å²) in [6, 6.07) is 0. The number of allylic oxidation sites excluding steroid dienone is 14. The summed E-state index contributed by atoms with van der Waals surface area (Å²) in [5, 5.41) is 0. The highest BCUT2D eigenvalue weighted by atomic mass is 16.6. The van der Waals surface area contributed by atoms with Gasteiger partial charge in [-0.3, -0.25) is 14.4 Å². The van der Waals surface area contributed by atoms with E-state index in [-0.39, 0.29) is 31.1 Å². The summed E-state index contributed by atoms with van der Waals surface area (Å²) < 4.78 is 16.9. The molecule has 0 aliphatic carbocycles. The van der Waals surface area contributed by atoms with Crippen molar-refractivity contribution in [1.82, 2.24) is 0 Å². The Morgan fingerprint density at radius 3 is 0.795 bits per heavy atom. The standard InChI is InChI=1S/C72H126O6/c1-4-7-10-13-16-19-22-25-28-30-31-32-33-34-35-36-37-38-39-40-41-43-44-47-50-53-56-59-62-65-71(74)77-68-69(67-76-70(73)64-61-58-55-52-49-46-27-24-21-18-15-12-9-6-3)78-72(75)66-63-60-57-54-51-48-45-42-29-26-23-20-17-14-11-8-5-2/h7,10,16,19,24-29,31-32,34-35,69H,4-6,8-9,11-15,17-18,20-23,30,33,36-68H2,1-3H3/b10-7-,19-16-,27-24-,28-25-,29-26-,32-31-,35-34-. The van der Waals surface area contributed by atoms with E-state index in [9.17, 15) is 14.4 Å². The fraction of sp³-hybridized carbons (Fsp3) is 0.764. The van der Waals surface area contributed by atoms with Crippen LogP contribution < -0.4 is 0 Å². The van der Waals surface area contributed by atoms with Crippen molar-refractivity contribution in [2.45, 2.75) is 341 Å². The molecule has 0 fully saturated rings. The molecule has 0 radical (unpaired) electrons. The molecule has 0 saturated carbocycles. The van der Waals surface area contributed by atoms with E-state index >= 15 is 0 Å². The van der Waals surface area contributed by atoms with Gasteiger partial charge in [0.1, 0.15) is 13.2 Å². The number of unbranched alkanes of at least 4 members (excludes halogenated alkanes) is 36. The lowest BCUT2D eigenvalue weighted by atomic mass is 10.0. The van der Waals surface area contributed by atoms with E-state index in [1.165, 1.54) is 199 Å². The topological polar surface area (TPSA) is 78.9 Å². The quantitative estimate of drug-likeness (QED) is 0.0261. The summed E-state index contributed by atoms with van der Waals surface area (Å²) in [5.41, 5.74) is 0. The molecule has 0 aromatic carbocycles. The van der Waals surface area contributed by atoms with Gasteiger partial charge in [0.15, 0.2) is 6.10 Å². The van der Waals surface area contributed by atoms with Crippen LogP contribution in [0.4, 0.5) is 0 Å². The Balaban J connectivity index is 4.26. The van der Waals surface area contributed by atoms with Crippen LogP contribution in [0.3, 0.4) is 0 Å². The van der Waals surface area contributed by atoms with Crippen LogP contribution in [0.15, 0.2) is 85.1 Å². The second-order valence-corrected chi connectivity index (χ2v) is 22.3. The van der Waals surface area contributed by atoms with Crippen LogP contribution in [0.25, 0.3) is 0 Å². The van der Waals surface area contributed by atoms with Gasteiger partial charge < -0.3 is 14.2 Å². The number of carbonyl (C=O) groups excluding carboxylic acids is 3. The highest BCUT2D eigenvalue weighted by Crippen LogP contribution is 2.17. The predicted octanol–water partition coefficient (Wildman–Crippen LogP) is 23.1. The monoisotopic (exact) mass is 1090 g/mol. The van der Waals surface area contributed by atoms with Crippen molar-refractivity contribution in [3.8, 4) is 0 Å². The van der Waals surface area contributed by atoms with Crippen LogP contribution in [0.1, 0.15) is 335 Å². The van der Waals surface area contributed by atoms with Crippen LogP contribution in [0.5, 0.6) is 0 Å². The Morgan fingerprint density at radius 2 is 0.500 bits per heavy atom. The summed E-state index contributed by atoms with van der Waals surface area (Å²) in [7, 11) is 0. The van der Waals surface area contributed by atoms with Gasteiger partial charge >= 0.3 is 17.9 Å². The SMILES string of the molecule is CC/C=C\C/C=C\C/C=C\C/C=C\C/C=C\CCCCCCCCCCCCCCCC(=O)OCC(COC(=O)CCCCCCC/C=C\CCCCCCC)OC(=O)CCCCCCCCC/C=C\CCCCCCCC. The van der Waals surface area contributed by atoms with Gasteiger partial charge in [0.2, 0.25) is 0 Å². The molecule has 0 rings (SSSR count). The fourth-order valence-corrected chi connectivity index (χ4v) is 9.58. The molecule has 1 atom stereocenters. The van der Waals surface area contributed by atoms with Crippen LogP contribution in [0.2, 0.25) is 0 Å². The van der Waals surface area contributed by atoms with Crippen LogP contribution in [-0.2, 0) is 28.6 Å². The van der Waals surface area contributed by atoms with Crippen LogP contribution in [-0.4, -0.2) is 37.2 Å². The highest BCUT2D eigenvalue weighted by Gasteiger charge is 2.19. The van der Waals surface area contributed by atoms with Crippen molar-refractivity contribution in [3.05, 3.63) is 85.1 Å². The maximum Gasteiger partial charge on any atom is 0.306 e. The zero-order valence-corrected chi connectivity index (χ0v) is 51.7. The third-order valence-electron chi connectivity index (χ3n) is 14.6. The number of carbonyl (C=O) groups is 3. The largest absolute Gasteiger partial charge is 0.462 e. The highest BCUT2D eigenvalue weighted by molar-refractivity contribution is 5.71. The molecule has 0 aliphatic rings. The lowest BCUT2D eigenvalue weighted by Gasteiger charge is -2.18. The molecule has 1 unspecified atom stereocenters. The number of rotatable bonds is 61. The van der Waals surface area contributed by atoms with E-state index < -0.39 is 6.10 Å². The van der Waals surface area contributed by atoms with Gasteiger partial charge in [-0.25, -0.2) is 0 Å². The Labute approximate surface area is 484 Å². The predicted molar refractivity (Wildman–Crippen MR) is 339 cm³/mol. The molecule has 0 aromatic rings. The minimum atomic E-state index is -0.783. The van der Waals surface area contributed by atoms with Gasteiger partial charge in [-0.15, -0.1) is 0 Å². The smallest absolute Gasteiger partial charge is 0.306 e. The maximum absolute atomic E-state index is 12.9. The lowest BCUT2D eigenvalue weighted by Crippen LogP contribution is -2.30. The Hall–Kier alpha value is -3.41. The molecule has 0 saturated heterocycles. The summed E-state index contributed by atoms with van der Waals surface area (Å²) in [6.45, 7) is 6.54. The normalized spacial score (nSPS) is 12.6. The molecule has 450 valence electrons. The van der Waals surface area contributed by atoms with Gasteiger partial charge in [0, 0.05) is 19.3 Å². The van der Waals surface area contributed by atoms with Gasteiger partial charge in [-0.2, -0.15) is 0 Å². The second kappa shape index (κ2) is 66.1. The van der Waals surface area contributed by atoms with Gasteiger partial charge in [-0.1, -0.05) is 286 Å². The lowest BCUT2D eigenvalue weighted by molar-refractivity contribution is -0.167. The zero-order chi connectivity index (χ0) is 56.4. The van der Waals surface area contributed by atoms with E-state index in [2.05, 4.69) is 106 Å². The second-order valence-electron chi connectivity index (χ2n) is 22.3. The molecule has 0 heterocycles. The minimum Gasteiger partial charge on any atom is -0.462 e. The molecule has 0 aliphatic heterocycles. The molecule has 78 heavy (non-hydrogen) atoms. The number of hydrogen-bond acceptors (Lipinski definition) is 6. The van der Waals surface area contributed by atoms with E-state index in [1.807, 2.05) is 0 Å². The number of hydrogen-bond donors (Lipinski definition) is 0. The van der Waals surface area contributed by atoms with Crippen molar-refractivity contribution in [1.29, 1.82) is 0 Å². The first-order valence-electron chi connectivity index (χ1n) is 33.6. The fourth-order valence-electron chi connectivity index (χ4n) is 9.58. The van der Waals surface area contributed by atoms with Gasteiger partial charge in [0.05, 0.1) is 0 Å². The first-order chi connectivity index (χ1) is 38.5.